The van der Waals surface area contributed by atoms with Crippen LogP contribution < -0.4 is 0 Å². The summed E-state index contributed by atoms with van der Waals surface area (Å²) in [6.07, 6.45) is 1.76. The van der Waals surface area contributed by atoms with Crippen LogP contribution in [-0.2, 0) is 6.54 Å². The molecule has 0 spiro atoms. The number of aromatic hydroxyl groups is 1. The highest BCUT2D eigenvalue weighted by Crippen LogP contribution is 2.36. The fourth-order valence-corrected chi connectivity index (χ4v) is 2.60. The maximum atomic E-state index is 11.2. The molecule has 0 aliphatic carbocycles. The van der Waals surface area contributed by atoms with Crippen molar-refractivity contribution >= 4 is 16.9 Å². The van der Waals surface area contributed by atoms with Crippen LogP contribution in [-0.4, -0.2) is 45.1 Å². The van der Waals surface area contributed by atoms with Crippen molar-refractivity contribution in [2.45, 2.75) is 6.54 Å². The second kappa shape index (κ2) is 5.73. The molecule has 3 N–H and O–H groups in total. The molecular weight excluding hydrogens is 294 g/mol. The van der Waals surface area contributed by atoms with Crippen molar-refractivity contribution in [1.82, 2.24) is 14.9 Å². The van der Waals surface area contributed by atoms with Crippen molar-refractivity contribution < 1.29 is 15.0 Å². The number of carbonyl (C=O) groups is 1. The number of H-pyrrole nitrogens is 1. The van der Waals surface area contributed by atoms with Crippen LogP contribution in [0.4, 0.5) is 0 Å². The highest BCUT2D eigenvalue weighted by Gasteiger charge is 2.16. The molecular formula is C17H17N3O3. The van der Waals surface area contributed by atoms with Gasteiger partial charge < -0.3 is 20.1 Å². The first-order valence-corrected chi connectivity index (χ1v) is 7.13. The zero-order valence-electron chi connectivity index (χ0n) is 12.9. The van der Waals surface area contributed by atoms with Crippen LogP contribution in [0.3, 0.4) is 0 Å². The number of nitrogens with zero attached hydrogens (tertiary/aromatic N) is 2. The summed E-state index contributed by atoms with van der Waals surface area (Å²) in [4.78, 5) is 20.5. The summed E-state index contributed by atoms with van der Waals surface area (Å²) in [6.45, 7) is 0.774. The first kappa shape index (κ1) is 15.1. The van der Waals surface area contributed by atoms with Gasteiger partial charge in [0.25, 0.3) is 0 Å². The maximum absolute atomic E-state index is 11.2. The summed E-state index contributed by atoms with van der Waals surface area (Å²) >= 11 is 0. The number of pyridine rings is 1. The average Bonchev–Trinajstić information content (AvgIpc) is 2.82. The minimum absolute atomic E-state index is 0.0181. The third-order valence-electron chi connectivity index (χ3n) is 3.61. The van der Waals surface area contributed by atoms with Crippen molar-refractivity contribution in [3.05, 3.63) is 47.7 Å². The molecule has 0 unspecified atom stereocenters. The van der Waals surface area contributed by atoms with Gasteiger partial charge in [0.2, 0.25) is 0 Å². The largest absolute Gasteiger partial charge is 0.494 e. The zero-order valence-corrected chi connectivity index (χ0v) is 12.9. The maximum Gasteiger partial charge on any atom is 0.335 e. The van der Waals surface area contributed by atoms with Crippen molar-refractivity contribution in [2.75, 3.05) is 14.1 Å². The minimum atomic E-state index is -1.01. The van der Waals surface area contributed by atoms with Crippen LogP contribution in [0.15, 0.2) is 36.5 Å². The Kier molecular flexibility index (Phi) is 3.75. The fraction of sp³-hybridized carbons (Fsp3) is 0.176. The Labute approximate surface area is 133 Å². The molecule has 3 rings (SSSR count). The lowest BCUT2D eigenvalue weighted by Crippen LogP contribution is -2.10. The Morgan fingerprint density at radius 2 is 2.04 bits per heavy atom. The Morgan fingerprint density at radius 3 is 2.65 bits per heavy atom. The number of aromatic amines is 1. The van der Waals surface area contributed by atoms with Gasteiger partial charge in [0.1, 0.15) is 0 Å². The smallest absolute Gasteiger partial charge is 0.335 e. The van der Waals surface area contributed by atoms with E-state index in [0.29, 0.717) is 22.2 Å². The van der Waals surface area contributed by atoms with E-state index in [4.69, 9.17) is 5.11 Å². The summed E-state index contributed by atoms with van der Waals surface area (Å²) in [5, 5.41) is 20.0. The Bertz CT molecular complexity index is 867. The van der Waals surface area contributed by atoms with Crippen molar-refractivity contribution in [2.24, 2.45) is 0 Å². The second-order valence-electron chi connectivity index (χ2n) is 5.70. The molecule has 0 aliphatic heterocycles. The van der Waals surface area contributed by atoms with Crippen molar-refractivity contribution in [3.63, 3.8) is 0 Å². The monoisotopic (exact) mass is 311 g/mol. The lowest BCUT2D eigenvalue weighted by molar-refractivity contribution is 0.0697. The van der Waals surface area contributed by atoms with Gasteiger partial charge >= 0.3 is 5.97 Å². The first-order chi connectivity index (χ1) is 11.0. The van der Waals surface area contributed by atoms with E-state index in [1.165, 1.54) is 6.07 Å². The van der Waals surface area contributed by atoms with Crippen LogP contribution in [0.25, 0.3) is 22.2 Å². The lowest BCUT2D eigenvalue weighted by atomic mass is 10.1. The molecule has 118 valence electrons. The van der Waals surface area contributed by atoms with Crippen LogP contribution in [0.5, 0.6) is 5.88 Å². The highest BCUT2D eigenvalue weighted by molar-refractivity contribution is 6.02. The number of fused-ring (bicyclic) bond motifs is 1. The molecule has 0 saturated heterocycles. The molecule has 0 bridgehead atoms. The summed E-state index contributed by atoms with van der Waals surface area (Å²) in [6, 6.07) is 8.45. The topological polar surface area (TPSA) is 89.5 Å². The van der Waals surface area contributed by atoms with E-state index in [0.717, 1.165) is 12.1 Å². The van der Waals surface area contributed by atoms with Gasteiger partial charge in [-0.25, -0.2) is 4.79 Å². The van der Waals surface area contributed by atoms with Crippen LogP contribution in [0, 0.1) is 0 Å². The van der Waals surface area contributed by atoms with Crippen molar-refractivity contribution in [1.29, 1.82) is 0 Å². The van der Waals surface area contributed by atoms with Gasteiger partial charge in [-0.3, -0.25) is 4.98 Å². The number of hydrogen-bond acceptors (Lipinski definition) is 4. The predicted molar refractivity (Wildman–Crippen MR) is 87.5 cm³/mol. The van der Waals surface area contributed by atoms with Gasteiger partial charge in [-0.1, -0.05) is 6.07 Å². The molecule has 6 heteroatoms. The first-order valence-electron chi connectivity index (χ1n) is 7.13. The van der Waals surface area contributed by atoms with Crippen LogP contribution in [0.2, 0.25) is 0 Å². The van der Waals surface area contributed by atoms with Gasteiger partial charge in [0, 0.05) is 23.6 Å². The predicted octanol–water partition coefficient (Wildman–Crippen LogP) is 2.70. The number of benzene rings is 1. The van der Waals surface area contributed by atoms with E-state index < -0.39 is 5.97 Å². The van der Waals surface area contributed by atoms with E-state index in [9.17, 15) is 9.90 Å². The average molecular weight is 311 g/mol. The molecule has 2 heterocycles. The number of rotatable bonds is 4. The molecule has 0 fully saturated rings. The van der Waals surface area contributed by atoms with E-state index in [1.54, 1.807) is 18.3 Å². The second-order valence-corrected chi connectivity index (χ2v) is 5.70. The van der Waals surface area contributed by atoms with Gasteiger partial charge in [-0.05, 0) is 43.9 Å². The Morgan fingerprint density at radius 1 is 1.26 bits per heavy atom. The summed E-state index contributed by atoms with van der Waals surface area (Å²) in [7, 11) is 3.96. The number of hydrogen-bond donors (Lipinski definition) is 3. The molecule has 6 nitrogen and oxygen atoms in total. The molecule has 0 aliphatic rings. The van der Waals surface area contributed by atoms with E-state index in [1.807, 2.05) is 31.1 Å². The lowest BCUT2D eigenvalue weighted by Gasteiger charge is -2.09. The molecule has 2 aromatic heterocycles. The molecule has 0 radical (unpaired) electrons. The van der Waals surface area contributed by atoms with Crippen LogP contribution >= 0.6 is 0 Å². The van der Waals surface area contributed by atoms with Gasteiger partial charge in [0.05, 0.1) is 16.8 Å². The van der Waals surface area contributed by atoms with Gasteiger partial charge in [-0.15, -0.1) is 0 Å². The highest BCUT2D eigenvalue weighted by atomic mass is 16.4. The number of nitrogens with one attached hydrogen (secondary N) is 1. The Hall–Kier alpha value is -2.86. The minimum Gasteiger partial charge on any atom is -0.494 e. The fourth-order valence-electron chi connectivity index (χ4n) is 2.60. The number of aromatic nitrogens is 2. The van der Waals surface area contributed by atoms with E-state index in [2.05, 4.69) is 9.97 Å². The molecule has 3 aromatic rings. The quantitative estimate of drug-likeness (QED) is 0.689. The third kappa shape index (κ3) is 2.89. The number of aromatic carboxylic acids is 1. The molecule has 0 amide bonds. The zero-order chi connectivity index (χ0) is 16.6. The van der Waals surface area contributed by atoms with E-state index in [-0.39, 0.29) is 11.4 Å². The normalized spacial score (nSPS) is 11.3. The van der Waals surface area contributed by atoms with Crippen LogP contribution in [0.1, 0.15) is 15.9 Å². The number of carboxylic acids is 1. The molecule has 23 heavy (non-hydrogen) atoms. The third-order valence-corrected chi connectivity index (χ3v) is 3.61. The summed E-state index contributed by atoms with van der Waals surface area (Å²) < 4.78 is 0. The van der Waals surface area contributed by atoms with Gasteiger partial charge in [0.15, 0.2) is 5.88 Å². The summed E-state index contributed by atoms with van der Waals surface area (Å²) in [5.41, 5.74) is 3.01. The number of carboxylic acid groups (broad SMARTS) is 1. The Balaban J connectivity index is 2.09. The SMILES string of the molecule is CN(C)Cc1ccc(-c2c(O)[nH]c3ccc(C(=O)O)cc23)nc1. The van der Waals surface area contributed by atoms with Gasteiger partial charge in [-0.2, -0.15) is 0 Å². The molecule has 0 atom stereocenters. The van der Waals surface area contributed by atoms with Crippen molar-refractivity contribution in [3.8, 4) is 17.1 Å². The molecule has 0 saturated carbocycles. The standard InChI is InChI=1S/C17H17N3O3/c1-20(2)9-10-3-5-14(18-8-10)15-12-7-11(17(22)23)4-6-13(12)19-16(15)21/h3-8,19,21H,9H2,1-2H3,(H,22,23). The summed E-state index contributed by atoms with van der Waals surface area (Å²) in [5.74, 6) is -1.02. The molecule has 1 aromatic carbocycles. The van der Waals surface area contributed by atoms with E-state index >= 15 is 0 Å².